The second kappa shape index (κ2) is 8.37. The fraction of sp³-hybridized carbons (Fsp3) is 0.364. The highest BCUT2D eigenvalue weighted by Gasteiger charge is 2.33. The highest BCUT2D eigenvalue weighted by molar-refractivity contribution is 8.00. The maximum atomic E-state index is 13.4. The van der Waals surface area contributed by atoms with Crippen LogP contribution in [0.3, 0.4) is 0 Å². The Bertz CT molecular complexity index is 920. The van der Waals surface area contributed by atoms with Crippen molar-refractivity contribution in [2.45, 2.75) is 29.6 Å². The van der Waals surface area contributed by atoms with E-state index in [1.165, 1.54) is 0 Å². The minimum absolute atomic E-state index is 0.0273. The zero-order chi connectivity index (χ0) is 20.4. The van der Waals surface area contributed by atoms with Crippen molar-refractivity contribution in [3.8, 4) is 5.75 Å². The molecule has 2 atom stereocenters. The van der Waals surface area contributed by atoms with Crippen molar-refractivity contribution in [3.05, 3.63) is 48.5 Å². The maximum Gasteiger partial charge on any atom is 0.262 e. The third-order valence-electron chi connectivity index (χ3n) is 5.27. The summed E-state index contributed by atoms with van der Waals surface area (Å²) in [6, 6.07) is 15.6. The molecular weight excluding hydrogens is 386 g/mol. The Hall–Kier alpha value is -2.67. The molecule has 2 heterocycles. The molecule has 2 aromatic rings. The van der Waals surface area contributed by atoms with Crippen LogP contribution < -0.4 is 19.9 Å². The summed E-state index contributed by atoms with van der Waals surface area (Å²) >= 11 is 1.82. The molecule has 1 N–H and O–H groups in total. The van der Waals surface area contributed by atoms with Gasteiger partial charge in [0.2, 0.25) is 5.91 Å². The van der Waals surface area contributed by atoms with E-state index < -0.39 is 6.10 Å². The number of carbonyl (C=O) groups excluding carboxylic acids is 2. The van der Waals surface area contributed by atoms with Gasteiger partial charge in [0.1, 0.15) is 5.75 Å². The molecule has 29 heavy (non-hydrogen) atoms. The van der Waals surface area contributed by atoms with Crippen LogP contribution in [0.4, 0.5) is 11.4 Å². The molecule has 0 saturated carbocycles. The number of hydrogen-bond donors (Lipinski definition) is 1. The number of para-hydroxylation sites is 3. The van der Waals surface area contributed by atoms with Crippen molar-refractivity contribution in [1.29, 1.82) is 0 Å². The predicted octanol–water partition coefficient (Wildman–Crippen LogP) is 2.92. The summed E-state index contributed by atoms with van der Waals surface area (Å²) in [6.45, 7) is 3.42. The molecule has 4 rings (SSSR count). The van der Waals surface area contributed by atoms with Crippen molar-refractivity contribution in [1.82, 2.24) is 5.32 Å². The minimum Gasteiger partial charge on any atom is -0.477 e. The molecule has 2 aromatic carbocycles. The number of nitrogens with one attached hydrogen (secondary N) is 1. The van der Waals surface area contributed by atoms with Crippen molar-refractivity contribution in [2.24, 2.45) is 0 Å². The van der Waals surface area contributed by atoms with Crippen LogP contribution in [0.2, 0.25) is 0 Å². The van der Waals surface area contributed by atoms with Gasteiger partial charge in [-0.2, -0.15) is 0 Å². The summed E-state index contributed by atoms with van der Waals surface area (Å²) in [5, 5.41) is 3.09. The van der Waals surface area contributed by atoms with Gasteiger partial charge in [0, 0.05) is 23.7 Å². The number of carbonyl (C=O) groups is 2. The summed E-state index contributed by atoms with van der Waals surface area (Å²) in [5.74, 6) is 0.461. The second-order valence-electron chi connectivity index (χ2n) is 7.30. The largest absolute Gasteiger partial charge is 0.477 e. The van der Waals surface area contributed by atoms with Gasteiger partial charge >= 0.3 is 0 Å². The van der Waals surface area contributed by atoms with Crippen molar-refractivity contribution in [3.63, 3.8) is 0 Å². The van der Waals surface area contributed by atoms with E-state index in [1.54, 1.807) is 7.05 Å². The third kappa shape index (κ3) is 4.05. The Morgan fingerprint density at radius 3 is 2.66 bits per heavy atom. The zero-order valence-electron chi connectivity index (χ0n) is 16.6. The van der Waals surface area contributed by atoms with Crippen LogP contribution in [0, 0.1) is 0 Å². The van der Waals surface area contributed by atoms with Crippen molar-refractivity contribution >= 4 is 35.0 Å². The molecule has 0 saturated heterocycles. The molecule has 2 aliphatic heterocycles. The van der Waals surface area contributed by atoms with Crippen LogP contribution in [0.5, 0.6) is 5.75 Å². The van der Waals surface area contributed by atoms with Crippen LogP contribution in [-0.4, -0.2) is 49.9 Å². The molecule has 152 valence electrons. The van der Waals surface area contributed by atoms with Gasteiger partial charge in [-0.15, -0.1) is 11.8 Å². The number of rotatable bonds is 3. The van der Waals surface area contributed by atoms with Gasteiger partial charge in [-0.1, -0.05) is 31.2 Å². The van der Waals surface area contributed by atoms with Gasteiger partial charge in [-0.05, 0) is 30.7 Å². The molecule has 0 aliphatic carbocycles. The van der Waals surface area contributed by atoms with Gasteiger partial charge < -0.3 is 19.9 Å². The van der Waals surface area contributed by atoms with Crippen LogP contribution in [0.25, 0.3) is 0 Å². The highest BCUT2D eigenvalue weighted by Crippen LogP contribution is 2.38. The minimum atomic E-state index is -0.644. The Labute approximate surface area is 175 Å². The number of thioether (sulfide) groups is 1. The quantitative estimate of drug-likeness (QED) is 0.842. The maximum absolute atomic E-state index is 13.4. The smallest absolute Gasteiger partial charge is 0.262 e. The van der Waals surface area contributed by atoms with E-state index in [0.29, 0.717) is 24.1 Å². The lowest BCUT2D eigenvalue weighted by Gasteiger charge is -2.36. The predicted molar refractivity (Wildman–Crippen MR) is 116 cm³/mol. The van der Waals surface area contributed by atoms with E-state index in [2.05, 4.69) is 18.3 Å². The number of benzene rings is 2. The third-order valence-corrected chi connectivity index (χ3v) is 6.51. The van der Waals surface area contributed by atoms with E-state index in [4.69, 9.17) is 4.74 Å². The standard InChI is InChI=1S/C22H25N3O3S/c1-15-11-12-25(17-8-4-6-10-20(17)29-15)21(26)14-24-13-19(22(27)23-2)28-18-9-5-3-7-16(18)24/h3-10,15,19H,11-14H2,1-2H3,(H,23,27)/t15-,19-/m0/s1. The fourth-order valence-corrected chi connectivity index (χ4v) is 4.86. The SMILES string of the molecule is CNC(=O)[C@@H]1CN(CC(=O)N2CC[C@H](C)Sc3ccccc32)c2ccccc2O1. The summed E-state index contributed by atoms with van der Waals surface area (Å²) in [4.78, 5) is 30.5. The Morgan fingerprint density at radius 1 is 1.14 bits per heavy atom. The highest BCUT2D eigenvalue weighted by atomic mass is 32.2. The van der Waals surface area contributed by atoms with E-state index in [0.717, 1.165) is 22.7 Å². The van der Waals surface area contributed by atoms with Crippen molar-refractivity contribution < 1.29 is 14.3 Å². The number of anilines is 2. The number of hydrogen-bond acceptors (Lipinski definition) is 5. The molecule has 0 unspecified atom stereocenters. The van der Waals surface area contributed by atoms with Crippen LogP contribution in [-0.2, 0) is 9.59 Å². The molecule has 0 radical (unpaired) electrons. The summed E-state index contributed by atoms with van der Waals surface area (Å²) < 4.78 is 5.85. The molecule has 7 heteroatoms. The molecule has 0 spiro atoms. The average molecular weight is 412 g/mol. The number of nitrogens with zero attached hydrogens (tertiary/aromatic N) is 2. The fourth-order valence-electron chi connectivity index (χ4n) is 3.75. The lowest BCUT2D eigenvalue weighted by Crippen LogP contribution is -2.51. The van der Waals surface area contributed by atoms with Gasteiger partial charge in [0.15, 0.2) is 6.10 Å². The molecule has 0 aromatic heterocycles. The lowest BCUT2D eigenvalue weighted by atomic mass is 10.1. The number of ether oxygens (including phenoxy) is 1. The monoisotopic (exact) mass is 411 g/mol. The first-order valence-corrected chi connectivity index (χ1v) is 10.7. The Morgan fingerprint density at radius 2 is 1.86 bits per heavy atom. The van der Waals surface area contributed by atoms with Gasteiger partial charge in [0.05, 0.1) is 24.5 Å². The van der Waals surface area contributed by atoms with E-state index in [1.807, 2.05) is 64.0 Å². The number of likely N-dealkylation sites (N-methyl/N-ethyl adjacent to an activating group) is 1. The van der Waals surface area contributed by atoms with Crippen LogP contribution >= 0.6 is 11.8 Å². The van der Waals surface area contributed by atoms with E-state index in [-0.39, 0.29) is 18.4 Å². The molecular formula is C22H25N3O3S. The normalized spacial score (nSPS) is 20.8. The van der Waals surface area contributed by atoms with Crippen LogP contribution in [0.15, 0.2) is 53.4 Å². The summed E-state index contributed by atoms with van der Waals surface area (Å²) in [6.07, 6.45) is 0.292. The van der Waals surface area contributed by atoms with E-state index >= 15 is 0 Å². The molecule has 0 bridgehead atoms. The lowest BCUT2D eigenvalue weighted by molar-refractivity contribution is -0.127. The second-order valence-corrected chi connectivity index (χ2v) is 8.78. The Balaban J connectivity index is 1.60. The number of amides is 2. The van der Waals surface area contributed by atoms with Gasteiger partial charge in [-0.3, -0.25) is 9.59 Å². The zero-order valence-corrected chi connectivity index (χ0v) is 17.4. The summed E-state index contributed by atoms with van der Waals surface area (Å²) in [5.41, 5.74) is 1.81. The van der Waals surface area contributed by atoms with Gasteiger partial charge in [0.25, 0.3) is 5.91 Å². The van der Waals surface area contributed by atoms with Crippen LogP contribution in [0.1, 0.15) is 13.3 Å². The number of fused-ring (bicyclic) bond motifs is 2. The van der Waals surface area contributed by atoms with Gasteiger partial charge in [-0.25, -0.2) is 0 Å². The molecule has 0 fully saturated rings. The van der Waals surface area contributed by atoms with E-state index in [9.17, 15) is 9.59 Å². The first-order valence-electron chi connectivity index (χ1n) is 9.85. The summed E-state index contributed by atoms with van der Waals surface area (Å²) in [7, 11) is 1.59. The average Bonchev–Trinajstić information content (AvgIpc) is 2.91. The first kappa shape index (κ1) is 19.6. The van der Waals surface area contributed by atoms with Crippen molar-refractivity contribution in [2.75, 3.05) is 36.5 Å². The molecule has 2 aliphatic rings. The topological polar surface area (TPSA) is 61.9 Å². The molecule has 2 amide bonds. The first-order chi connectivity index (χ1) is 14.1. The Kier molecular flexibility index (Phi) is 5.67. The molecule has 6 nitrogen and oxygen atoms in total.